The summed E-state index contributed by atoms with van der Waals surface area (Å²) >= 11 is 0. The number of hydrazone groups is 2. The van der Waals surface area contributed by atoms with E-state index in [0.717, 1.165) is 19.3 Å². The SMILES string of the molecule is CCOc1cc(C=NNC(=O)CCCCCCCC(=O)NN=Cc2ccc(OC(=O)c3ccccc3)c(OCC)c2)ccc1OC(=O)c1ccccc1. The van der Waals surface area contributed by atoms with Gasteiger partial charge in [0.25, 0.3) is 0 Å². The number of benzene rings is 4. The Labute approximate surface area is 309 Å². The van der Waals surface area contributed by atoms with Gasteiger partial charge in [0.2, 0.25) is 11.8 Å². The van der Waals surface area contributed by atoms with Crippen molar-refractivity contribution in [3.05, 3.63) is 119 Å². The van der Waals surface area contributed by atoms with Crippen LogP contribution in [0.2, 0.25) is 0 Å². The zero-order valence-corrected chi connectivity index (χ0v) is 29.9. The molecule has 0 saturated carbocycles. The molecule has 276 valence electrons. The van der Waals surface area contributed by atoms with Gasteiger partial charge in [-0.1, -0.05) is 55.7 Å². The van der Waals surface area contributed by atoms with Crippen LogP contribution in [0.3, 0.4) is 0 Å². The minimum atomic E-state index is -0.490. The molecule has 0 bridgehead atoms. The molecule has 0 aliphatic rings. The molecule has 4 aromatic rings. The summed E-state index contributed by atoms with van der Waals surface area (Å²) in [5.74, 6) is -0.0241. The van der Waals surface area contributed by atoms with Gasteiger partial charge in [0, 0.05) is 12.8 Å². The minimum Gasteiger partial charge on any atom is -0.490 e. The van der Waals surface area contributed by atoms with Crippen LogP contribution < -0.4 is 29.8 Å². The maximum Gasteiger partial charge on any atom is 0.343 e. The fourth-order valence-electron chi connectivity index (χ4n) is 4.95. The molecule has 2 amide bonds. The lowest BCUT2D eigenvalue weighted by atomic mass is 10.1. The van der Waals surface area contributed by atoms with Crippen LogP contribution in [0.4, 0.5) is 0 Å². The van der Waals surface area contributed by atoms with Crippen molar-refractivity contribution in [3.8, 4) is 23.0 Å². The van der Waals surface area contributed by atoms with E-state index < -0.39 is 11.9 Å². The molecule has 0 aliphatic carbocycles. The van der Waals surface area contributed by atoms with Gasteiger partial charge >= 0.3 is 11.9 Å². The van der Waals surface area contributed by atoms with Crippen molar-refractivity contribution in [3.63, 3.8) is 0 Å². The molecule has 0 atom stereocenters. The summed E-state index contributed by atoms with van der Waals surface area (Å²) in [4.78, 5) is 49.4. The Balaban J connectivity index is 1.09. The van der Waals surface area contributed by atoms with Crippen molar-refractivity contribution in [1.29, 1.82) is 0 Å². The molecule has 0 saturated heterocycles. The maximum absolute atomic E-state index is 12.5. The van der Waals surface area contributed by atoms with Gasteiger partial charge in [-0.25, -0.2) is 20.4 Å². The third-order valence-corrected chi connectivity index (χ3v) is 7.57. The smallest absolute Gasteiger partial charge is 0.343 e. The average molecular weight is 721 g/mol. The molecule has 0 aromatic heterocycles. The van der Waals surface area contributed by atoms with Gasteiger partial charge in [-0.15, -0.1) is 0 Å². The van der Waals surface area contributed by atoms with Crippen molar-refractivity contribution in [1.82, 2.24) is 10.9 Å². The summed E-state index contributed by atoms with van der Waals surface area (Å²) in [6.45, 7) is 4.41. The van der Waals surface area contributed by atoms with Crippen LogP contribution in [-0.2, 0) is 9.59 Å². The molecule has 4 aromatic carbocycles. The first-order valence-corrected chi connectivity index (χ1v) is 17.6. The van der Waals surface area contributed by atoms with Crippen LogP contribution >= 0.6 is 0 Å². The number of carbonyl (C=O) groups is 4. The summed E-state index contributed by atoms with van der Waals surface area (Å²) in [5, 5.41) is 8.08. The zero-order chi connectivity index (χ0) is 37.7. The van der Waals surface area contributed by atoms with Crippen molar-refractivity contribution in [2.45, 2.75) is 58.8 Å². The molecular weight excluding hydrogens is 676 g/mol. The van der Waals surface area contributed by atoms with Crippen LogP contribution in [0.5, 0.6) is 23.0 Å². The fraction of sp³-hybridized carbons (Fsp3) is 0.268. The van der Waals surface area contributed by atoms with Gasteiger partial charge in [-0.2, -0.15) is 10.2 Å². The van der Waals surface area contributed by atoms with Gasteiger partial charge in [-0.05, 0) is 98.5 Å². The number of unbranched alkanes of at least 4 members (excludes halogenated alkanes) is 4. The second-order valence-corrected chi connectivity index (χ2v) is 11.6. The lowest BCUT2D eigenvalue weighted by Gasteiger charge is -2.11. The second-order valence-electron chi connectivity index (χ2n) is 11.6. The highest BCUT2D eigenvalue weighted by Crippen LogP contribution is 2.30. The highest BCUT2D eigenvalue weighted by Gasteiger charge is 2.14. The van der Waals surface area contributed by atoms with Gasteiger partial charge in [0.1, 0.15) is 0 Å². The highest BCUT2D eigenvalue weighted by molar-refractivity contribution is 5.92. The first-order chi connectivity index (χ1) is 25.9. The van der Waals surface area contributed by atoms with Crippen LogP contribution in [-0.4, -0.2) is 49.4 Å². The average Bonchev–Trinajstić information content (AvgIpc) is 3.17. The monoisotopic (exact) mass is 720 g/mol. The fourth-order valence-corrected chi connectivity index (χ4v) is 4.95. The third kappa shape index (κ3) is 13.7. The van der Waals surface area contributed by atoms with E-state index in [1.165, 1.54) is 12.4 Å². The maximum atomic E-state index is 12.5. The van der Waals surface area contributed by atoms with Crippen molar-refractivity contribution >= 4 is 36.2 Å². The number of nitrogens with one attached hydrogen (secondary N) is 2. The lowest BCUT2D eigenvalue weighted by Crippen LogP contribution is -2.17. The summed E-state index contributed by atoms with van der Waals surface area (Å²) in [7, 11) is 0. The number of rotatable bonds is 20. The number of amides is 2. The van der Waals surface area contributed by atoms with Crippen LogP contribution in [0.1, 0.15) is 90.6 Å². The van der Waals surface area contributed by atoms with E-state index in [0.29, 0.717) is 72.6 Å². The number of esters is 2. The van der Waals surface area contributed by atoms with Gasteiger partial charge in [-0.3, -0.25) is 9.59 Å². The molecular formula is C41H44N4O8. The molecule has 0 radical (unpaired) electrons. The first-order valence-electron chi connectivity index (χ1n) is 17.6. The standard InChI is InChI=1S/C41H44N4O8/c1-3-50-36-26-30(22-24-34(36)52-40(48)32-16-10-8-11-17-32)28-42-44-38(46)20-14-6-5-7-15-21-39(47)45-43-29-31-23-25-35(37(27-31)51-4-2)53-41(49)33-18-12-9-13-19-33/h8-13,16-19,22-29H,3-7,14-15,20-21H2,1-2H3,(H,44,46)(H,45,47). The van der Waals surface area contributed by atoms with Gasteiger partial charge in [0.15, 0.2) is 23.0 Å². The Kier molecular flexibility index (Phi) is 16.3. The molecule has 4 rings (SSSR count). The van der Waals surface area contributed by atoms with Crippen molar-refractivity contribution in [2.75, 3.05) is 13.2 Å². The molecule has 0 unspecified atom stereocenters. The Hall–Kier alpha value is -6.30. The largest absolute Gasteiger partial charge is 0.490 e. The molecule has 0 heterocycles. The Morgan fingerprint density at radius 3 is 1.32 bits per heavy atom. The van der Waals surface area contributed by atoms with E-state index >= 15 is 0 Å². The number of ether oxygens (including phenoxy) is 4. The van der Waals surface area contributed by atoms with Crippen molar-refractivity contribution < 1.29 is 38.1 Å². The molecule has 2 N–H and O–H groups in total. The molecule has 0 fully saturated rings. The predicted molar refractivity (Wildman–Crippen MR) is 202 cm³/mol. The Bertz CT molecular complexity index is 1730. The molecule has 0 aliphatic heterocycles. The predicted octanol–water partition coefficient (Wildman–Crippen LogP) is 7.25. The Morgan fingerprint density at radius 2 is 0.925 bits per heavy atom. The molecule has 12 nitrogen and oxygen atoms in total. The Morgan fingerprint density at radius 1 is 0.528 bits per heavy atom. The number of hydrogen-bond acceptors (Lipinski definition) is 10. The lowest BCUT2D eigenvalue weighted by molar-refractivity contribution is -0.121. The second kappa shape index (κ2) is 21.8. The summed E-state index contributed by atoms with van der Waals surface area (Å²) in [5.41, 5.74) is 7.26. The zero-order valence-electron chi connectivity index (χ0n) is 29.9. The molecule has 12 heteroatoms. The molecule has 0 spiro atoms. The van der Waals surface area contributed by atoms with Crippen LogP contribution in [0, 0.1) is 0 Å². The van der Waals surface area contributed by atoms with E-state index in [1.54, 1.807) is 84.9 Å². The highest BCUT2D eigenvalue weighted by atomic mass is 16.6. The normalized spacial score (nSPS) is 10.9. The van der Waals surface area contributed by atoms with E-state index in [4.69, 9.17) is 18.9 Å². The third-order valence-electron chi connectivity index (χ3n) is 7.57. The van der Waals surface area contributed by atoms with Crippen LogP contribution in [0.25, 0.3) is 0 Å². The quantitative estimate of drug-likeness (QED) is 0.0318. The first kappa shape index (κ1) is 39.5. The summed E-state index contributed by atoms with van der Waals surface area (Å²) in [6.07, 6.45) is 7.61. The van der Waals surface area contributed by atoms with E-state index in [-0.39, 0.29) is 23.3 Å². The number of hydrogen-bond donors (Lipinski definition) is 2. The topological polar surface area (TPSA) is 154 Å². The van der Waals surface area contributed by atoms with Gasteiger partial charge in [0.05, 0.1) is 36.8 Å². The van der Waals surface area contributed by atoms with E-state index in [2.05, 4.69) is 21.1 Å². The van der Waals surface area contributed by atoms with Crippen molar-refractivity contribution in [2.24, 2.45) is 10.2 Å². The summed E-state index contributed by atoms with van der Waals surface area (Å²) in [6, 6.07) is 27.4. The number of nitrogens with zero attached hydrogens (tertiary/aromatic N) is 2. The molecule has 53 heavy (non-hydrogen) atoms. The minimum absolute atomic E-state index is 0.201. The van der Waals surface area contributed by atoms with E-state index in [1.807, 2.05) is 26.0 Å². The van der Waals surface area contributed by atoms with Crippen LogP contribution in [0.15, 0.2) is 107 Å². The van der Waals surface area contributed by atoms with E-state index in [9.17, 15) is 19.2 Å². The van der Waals surface area contributed by atoms with Gasteiger partial charge < -0.3 is 18.9 Å². The summed E-state index contributed by atoms with van der Waals surface area (Å²) < 4.78 is 22.3. The number of carbonyl (C=O) groups excluding carboxylic acids is 4.